The summed E-state index contributed by atoms with van der Waals surface area (Å²) >= 11 is 0. The lowest BCUT2D eigenvalue weighted by atomic mass is 9.81. The Kier molecular flexibility index (Phi) is 7.19. The molecule has 0 unspecified atom stereocenters. The Bertz CT molecular complexity index is 603. The highest BCUT2D eigenvalue weighted by atomic mass is 35.5. The van der Waals surface area contributed by atoms with Gasteiger partial charge < -0.3 is 15.6 Å². The van der Waals surface area contributed by atoms with E-state index in [0.29, 0.717) is 31.1 Å². The molecule has 1 amide bonds. The van der Waals surface area contributed by atoms with Crippen molar-refractivity contribution in [2.24, 2.45) is 11.1 Å². The summed E-state index contributed by atoms with van der Waals surface area (Å²) in [7, 11) is 0. The van der Waals surface area contributed by atoms with Gasteiger partial charge >= 0.3 is 0 Å². The minimum Gasteiger partial charge on any atom is -0.346 e. The Morgan fingerprint density at radius 1 is 1.26 bits per heavy atom. The van der Waals surface area contributed by atoms with Crippen LogP contribution in [0.3, 0.4) is 0 Å². The van der Waals surface area contributed by atoms with Crippen molar-refractivity contribution in [3.05, 3.63) is 36.2 Å². The Hall–Kier alpha value is -1.92. The molecule has 23 heavy (non-hydrogen) atoms. The van der Waals surface area contributed by atoms with Crippen LogP contribution in [0, 0.1) is 5.41 Å². The van der Waals surface area contributed by atoms with Gasteiger partial charge in [-0.2, -0.15) is 4.98 Å². The van der Waals surface area contributed by atoms with Crippen LogP contribution in [0.1, 0.15) is 32.6 Å². The highest BCUT2D eigenvalue weighted by Crippen LogP contribution is 2.25. The van der Waals surface area contributed by atoms with Crippen LogP contribution >= 0.6 is 12.4 Å². The Balaban J connectivity index is 0.00000264. The number of nitrogens with one attached hydrogen (secondary N) is 1. The SMILES string of the molecule is CCC(CC)(CN)C(=O)NCc1nc(-c2ccccc2)no1.Cl. The van der Waals surface area contributed by atoms with Crippen molar-refractivity contribution in [3.63, 3.8) is 0 Å². The lowest BCUT2D eigenvalue weighted by Gasteiger charge is -2.28. The van der Waals surface area contributed by atoms with Crippen molar-refractivity contribution in [1.29, 1.82) is 0 Å². The highest BCUT2D eigenvalue weighted by Gasteiger charge is 2.33. The molecule has 0 saturated heterocycles. The molecule has 0 bridgehead atoms. The maximum atomic E-state index is 12.3. The Morgan fingerprint density at radius 2 is 1.91 bits per heavy atom. The van der Waals surface area contributed by atoms with E-state index in [0.717, 1.165) is 5.56 Å². The minimum atomic E-state index is -0.526. The van der Waals surface area contributed by atoms with Crippen LogP contribution in [0.15, 0.2) is 34.9 Å². The third-order valence-corrected chi connectivity index (χ3v) is 4.13. The largest absolute Gasteiger partial charge is 0.346 e. The molecule has 3 N–H and O–H groups in total. The van der Waals surface area contributed by atoms with Gasteiger partial charge in [-0.05, 0) is 12.8 Å². The molecule has 126 valence electrons. The molecule has 0 aliphatic carbocycles. The van der Waals surface area contributed by atoms with Crippen molar-refractivity contribution in [2.45, 2.75) is 33.2 Å². The van der Waals surface area contributed by atoms with Gasteiger partial charge in [0.2, 0.25) is 17.6 Å². The van der Waals surface area contributed by atoms with E-state index in [-0.39, 0.29) is 24.9 Å². The summed E-state index contributed by atoms with van der Waals surface area (Å²) in [5.74, 6) is 0.825. The molecule has 0 radical (unpaired) electrons. The van der Waals surface area contributed by atoms with Crippen LogP contribution < -0.4 is 11.1 Å². The fourth-order valence-corrected chi connectivity index (χ4v) is 2.33. The summed E-state index contributed by atoms with van der Waals surface area (Å²) < 4.78 is 5.18. The second-order valence-electron chi connectivity index (χ2n) is 5.25. The minimum absolute atomic E-state index is 0. The van der Waals surface area contributed by atoms with E-state index >= 15 is 0 Å². The molecular formula is C16H23ClN4O2. The molecule has 1 heterocycles. The van der Waals surface area contributed by atoms with Crippen LogP contribution in [0.5, 0.6) is 0 Å². The fraction of sp³-hybridized carbons (Fsp3) is 0.438. The number of carbonyl (C=O) groups is 1. The standard InChI is InChI=1S/C16H22N4O2.ClH/c1-3-16(4-2,11-17)15(21)18-10-13-19-14(20-22-13)12-8-6-5-7-9-12;/h5-9H,3-4,10-11,17H2,1-2H3,(H,18,21);1H. The number of nitrogens with zero attached hydrogens (tertiary/aromatic N) is 2. The zero-order valence-corrected chi connectivity index (χ0v) is 14.2. The number of hydrogen-bond acceptors (Lipinski definition) is 5. The molecule has 1 aromatic heterocycles. The topological polar surface area (TPSA) is 94.0 Å². The maximum Gasteiger partial charge on any atom is 0.246 e. The lowest BCUT2D eigenvalue weighted by Crippen LogP contribution is -2.45. The summed E-state index contributed by atoms with van der Waals surface area (Å²) in [6, 6.07) is 9.55. The fourth-order valence-electron chi connectivity index (χ4n) is 2.33. The number of amides is 1. The lowest BCUT2D eigenvalue weighted by molar-refractivity contribution is -0.131. The first kappa shape index (κ1) is 19.1. The molecule has 6 nitrogen and oxygen atoms in total. The first-order valence-electron chi connectivity index (χ1n) is 7.51. The van der Waals surface area contributed by atoms with Crippen LogP contribution in [-0.2, 0) is 11.3 Å². The number of benzene rings is 1. The third kappa shape index (κ3) is 4.30. The van der Waals surface area contributed by atoms with E-state index in [1.165, 1.54) is 0 Å². The predicted molar refractivity (Wildman–Crippen MR) is 90.9 cm³/mol. The molecular weight excluding hydrogens is 316 g/mol. The summed E-state index contributed by atoms with van der Waals surface area (Å²) in [6.07, 6.45) is 1.40. The van der Waals surface area contributed by atoms with E-state index in [1.807, 2.05) is 44.2 Å². The van der Waals surface area contributed by atoms with Gasteiger partial charge in [-0.25, -0.2) is 0 Å². The van der Waals surface area contributed by atoms with Gasteiger partial charge in [0.25, 0.3) is 0 Å². The van der Waals surface area contributed by atoms with Gasteiger partial charge in [0.05, 0.1) is 12.0 Å². The molecule has 2 rings (SSSR count). The molecule has 0 aliphatic heterocycles. The third-order valence-electron chi connectivity index (χ3n) is 4.13. The van der Waals surface area contributed by atoms with Crippen molar-refractivity contribution < 1.29 is 9.32 Å². The normalized spacial score (nSPS) is 10.9. The summed E-state index contributed by atoms with van der Waals surface area (Å²) in [6.45, 7) is 4.47. The van der Waals surface area contributed by atoms with Gasteiger partial charge in [-0.3, -0.25) is 4.79 Å². The smallest absolute Gasteiger partial charge is 0.246 e. The average molecular weight is 339 g/mol. The van der Waals surface area contributed by atoms with Crippen LogP contribution in [-0.4, -0.2) is 22.6 Å². The number of halogens is 1. The summed E-state index contributed by atoms with van der Waals surface area (Å²) in [5, 5.41) is 6.77. The number of carbonyl (C=O) groups excluding carboxylic acids is 1. The first-order valence-corrected chi connectivity index (χ1v) is 7.51. The predicted octanol–water partition coefficient (Wildman–Crippen LogP) is 2.54. The van der Waals surface area contributed by atoms with Crippen LogP contribution in [0.4, 0.5) is 0 Å². The molecule has 2 aromatic rings. The Labute approximate surface area is 142 Å². The molecule has 0 spiro atoms. The van der Waals surface area contributed by atoms with Gasteiger partial charge in [0, 0.05) is 12.1 Å². The van der Waals surface area contributed by atoms with Crippen LogP contribution in [0.2, 0.25) is 0 Å². The second-order valence-corrected chi connectivity index (χ2v) is 5.25. The van der Waals surface area contributed by atoms with E-state index in [2.05, 4.69) is 15.5 Å². The number of rotatable bonds is 7. The number of nitrogens with two attached hydrogens (primary N) is 1. The number of aromatic nitrogens is 2. The molecule has 7 heteroatoms. The van der Waals surface area contributed by atoms with Crippen molar-refractivity contribution in [1.82, 2.24) is 15.5 Å². The van der Waals surface area contributed by atoms with Crippen molar-refractivity contribution in [3.8, 4) is 11.4 Å². The monoisotopic (exact) mass is 338 g/mol. The average Bonchev–Trinajstić information content (AvgIpc) is 3.05. The van der Waals surface area contributed by atoms with E-state index in [4.69, 9.17) is 10.3 Å². The van der Waals surface area contributed by atoms with Gasteiger partial charge in [0.1, 0.15) is 0 Å². The van der Waals surface area contributed by atoms with E-state index in [1.54, 1.807) is 0 Å². The van der Waals surface area contributed by atoms with Gasteiger partial charge in [0.15, 0.2) is 0 Å². The van der Waals surface area contributed by atoms with Crippen molar-refractivity contribution in [2.75, 3.05) is 6.54 Å². The van der Waals surface area contributed by atoms with Gasteiger partial charge in [-0.1, -0.05) is 49.3 Å². The molecule has 0 saturated carbocycles. The van der Waals surface area contributed by atoms with E-state index < -0.39 is 5.41 Å². The summed E-state index contributed by atoms with van der Waals surface area (Å²) in [5.41, 5.74) is 6.12. The zero-order chi connectivity index (χ0) is 16.0. The first-order chi connectivity index (χ1) is 10.6. The van der Waals surface area contributed by atoms with E-state index in [9.17, 15) is 4.79 Å². The zero-order valence-electron chi connectivity index (χ0n) is 13.4. The second kappa shape index (κ2) is 8.64. The highest BCUT2D eigenvalue weighted by molar-refractivity contribution is 5.85. The number of hydrogen-bond donors (Lipinski definition) is 2. The molecule has 0 fully saturated rings. The van der Waals surface area contributed by atoms with Crippen molar-refractivity contribution >= 4 is 18.3 Å². The molecule has 0 atom stereocenters. The molecule has 0 aliphatic rings. The van der Waals surface area contributed by atoms with Gasteiger partial charge in [-0.15, -0.1) is 12.4 Å². The molecule has 1 aromatic carbocycles. The Morgan fingerprint density at radius 3 is 2.48 bits per heavy atom. The summed E-state index contributed by atoms with van der Waals surface area (Å²) in [4.78, 5) is 16.6. The quantitative estimate of drug-likeness (QED) is 0.809. The maximum absolute atomic E-state index is 12.3. The van der Waals surface area contributed by atoms with Crippen LogP contribution in [0.25, 0.3) is 11.4 Å².